The molecule has 4 nitrogen and oxygen atoms in total. The number of rotatable bonds is 7. The van der Waals surface area contributed by atoms with Gasteiger partial charge < -0.3 is 14.8 Å². The number of nitrogens with one attached hydrogen (secondary N) is 1. The third kappa shape index (κ3) is 4.75. The molecule has 18 heavy (non-hydrogen) atoms. The predicted molar refractivity (Wildman–Crippen MR) is 70.7 cm³/mol. The number of benzene rings is 1. The number of hydrogen-bond donors (Lipinski definition) is 1. The minimum atomic E-state index is -0.222. The molecule has 100 valence electrons. The van der Waals surface area contributed by atoms with Gasteiger partial charge in [-0.1, -0.05) is 12.1 Å². The van der Waals surface area contributed by atoms with E-state index in [4.69, 9.17) is 9.47 Å². The van der Waals surface area contributed by atoms with Crippen LogP contribution in [-0.2, 0) is 16.1 Å². The Kier molecular flexibility index (Phi) is 6.22. The quantitative estimate of drug-likeness (QED) is 0.753. The van der Waals surface area contributed by atoms with E-state index in [1.54, 1.807) is 6.92 Å². The van der Waals surface area contributed by atoms with Gasteiger partial charge >= 0.3 is 5.97 Å². The van der Waals surface area contributed by atoms with Crippen molar-refractivity contribution in [1.29, 1.82) is 0 Å². The summed E-state index contributed by atoms with van der Waals surface area (Å²) in [5, 5.41) is 3.05. The summed E-state index contributed by atoms with van der Waals surface area (Å²) >= 11 is 0. The van der Waals surface area contributed by atoms with Crippen LogP contribution in [0.4, 0.5) is 0 Å². The zero-order valence-corrected chi connectivity index (χ0v) is 11.3. The molecule has 1 aromatic rings. The SMILES string of the molecule is CCOC(=O)CNCc1ccc(OCC)c(C)c1. The summed E-state index contributed by atoms with van der Waals surface area (Å²) in [6, 6.07) is 6.01. The van der Waals surface area contributed by atoms with Gasteiger partial charge in [-0.3, -0.25) is 4.79 Å². The predicted octanol–water partition coefficient (Wildman–Crippen LogP) is 2.05. The Morgan fingerprint density at radius 1 is 1.28 bits per heavy atom. The first-order valence-electron chi connectivity index (χ1n) is 6.26. The third-order valence-corrected chi connectivity index (χ3v) is 2.44. The number of hydrogen-bond acceptors (Lipinski definition) is 4. The van der Waals surface area contributed by atoms with Crippen molar-refractivity contribution < 1.29 is 14.3 Å². The molecule has 0 unspecified atom stereocenters. The highest BCUT2D eigenvalue weighted by Gasteiger charge is 2.03. The van der Waals surface area contributed by atoms with Crippen LogP contribution in [0, 0.1) is 6.92 Å². The maximum atomic E-state index is 11.1. The number of aryl methyl sites for hydroxylation is 1. The smallest absolute Gasteiger partial charge is 0.319 e. The van der Waals surface area contributed by atoms with Crippen LogP contribution < -0.4 is 10.1 Å². The minimum absolute atomic E-state index is 0.222. The standard InChI is InChI=1S/C14H21NO3/c1-4-17-13-7-6-12(8-11(13)3)9-15-10-14(16)18-5-2/h6-8,15H,4-5,9-10H2,1-3H3. The zero-order chi connectivity index (χ0) is 13.4. The first-order chi connectivity index (χ1) is 8.67. The molecule has 0 aliphatic rings. The molecular formula is C14H21NO3. The van der Waals surface area contributed by atoms with Gasteiger partial charge in [0.15, 0.2) is 0 Å². The highest BCUT2D eigenvalue weighted by atomic mass is 16.5. The van der Waals surface area contributed by atoms with Gasteiger partial charge in [-0.15, -0.1) is 0 Å². The Bertz CT molecular complexity index is 391. The normalized spacial score (nSPS) is 10.2. The van der Waals surface area contributed by atoms with Gasteiger partial charge in [0.25, 0.3) is 0 Å². The van der Waals surface area contributed by atoms with Crippen molar-refractivity contribution in [3.05, 3.63) is 29.3 Å². The van der Waals surface area contributed by atoms with E-state index in [2.05, 4.69) is 11.4 Å². The number of esters is 1. The lowest BCUT2D eigenvalue weighted by Gasteiger charge is -2.09. The van der Waals surface area contributed by atoms with Crippen LogP contribution in [-0.4, -0.2) is 25.7 Å². The highest BCUT2D eigenvalue weighted by Crippen LogP contribution is 2.18. The van der Waals surface area contributed by atoms with E-state index in [0.717, 1.165) is 16.9 Å². The fourth-order valence-corrected chi connectivity index (χ4v) is 1.66. The molecule has 0 aromatic heterocycles. The molecule has 0 amide bonds. The molecule has 0 heterocycles. The monoisotopic (exact) mass is 251 g/mol. The lowest BCUT2D eigenvalue weighted by atomic mass is 10.1. The summed E-state index contributed by atoms with van der Waals surface area (Å²) < 4.78 is 10.3. The Balaban J connectivity index is 2.43. The molecule has 1 N–H and O–H groups in total. The second-order valence-corrected chi connectivity index (χ2v) is 3.94. The van der Waals surface area contributed by atoms with Gasteiger partial charge in [0.2, 0.25) is 0 Å². The van der Waals surface area contributed by atoms with Crippen LogP contribution >= 0.6 is 0 Å². The van der Waals surface area contributed by atoms with Crippen molar-refractivity contribution in [3.63, 3.8) is 0 Å². The molecule has 1 aromatic carbocycles. The summed E-state index contributed by atoms with van der Waals surface area (Å²) in [6.45, 7) is 7.75. The lowest BCUT2D eigenvalue weighted by molar-refractivity contribution is -0.142. The molecule has 0 aliphatic carbocycles. The Hall–Kier alpha value is -1.55. The minimum Gasteiger partial charge on any atom is -0.494 e. The molecule has 0 saturated carbocycles. The van der Waals surface area contributed by atoms with E-state index in [1.165, 1.54) is 0 Å². The lowest BCUT2D eigenvalue weighted by Crippen LogP contribution is -2.24. The number of carbonyl (C=O) groups is 1. The molecule has 0 spiro atoms. The maximum Gasteiger partial charge on any atom is 0.319 e. The zero-order valence-electron chi connectivity index (χ0n) is 11.3. The van der Waals surface area contributed by atoms with E-state index in [1.807, 2.05) is 26.0 Å². The van der Waals surface area contributed by atoms with Crippen molar-refractivity contribution in [3.8, 4) is 5.75 Å². The molecule has 0 radical (unpaired) electrons. The molecule has 0 bridgehead atoms. The second kappa shape index (κ2) is 7.71. The van der Waals surface area contributed by atoms with Crippen molar-refractivity contribution >= 4 is 5.97 Å². The van der Waals surface area contributed by atoms with Gasteiger partial charge in [-0.25, -0.2) is 0 Å². The van der Waals surface area contributed by atoms with Crippen LogP contribution in [0.5, 0.6) is 5.75 Å². The molecule has 1 rings (SSSR count). The van der Waals surface area contributed by atoms with Gasteiger partial charge in [0.05, 0.1) is 19.8 Å². The molecule has 0 atom stereocenters. The summed E-state index contributed by atoms with van der Waals surface area (Å²) in [6.07, 6.45) is 0. The Morgan fingerprint density at radius 2 is 2.06 bits per heavy atom. The fraction of sp³-hybridized carbons (Fsp3) is 0.500. The Morgan fingerprint density at radius 3 is 2.67 bits per heavy atom. The summed E-state index contributed by atoms with van der Waals surface area (Å²) in [4.78, 5) is 11.1. The van der Waals surface area contributed by atoms with Gasteiger partial charge in [-0.05, 0) is 38.0 Å². The van der Waals surface area contributed by atoms with Crippen molar-refractivity contribution in [1.82, 2.24) is 5.32 Å². The molecule has 4 heteroatoms. The second-order valence-electron chi connectivity index (χ2n) is 3.94. The number of ether oxygens (including phenoxy) is 2. The van der Waals surface area contributed by atoms with Gasteiger partial charge in [0, 0.05) is 6.54 Å². The van der Waals surface area contributed by atoms with Crippen LogP contribution in [0.2, 0.25) is 0 Å². The van der Waals surface area contributed by atoms with Crippen LogP contribution in [0.1, 0.15) is 25.0 Å². The molecule has 0 fully saturated rings. The van der Waals surface area contributed by atoms with Gasteiger partial charge in [-0.2, -0.15) is 0 Å². The van der Waals surface area contributed by atoms with Crippen LogP contribution in [0.3, 0.4) is 0 Å². The molecular weight excluding hydrogens is 230 g/mol. The first-order valence-corrected chi connectivity index (χ1v) is 6.26. The fourth-order valence-electron chi connectivity index (χ4n) is 1.66. The Labute approximate surface area is 108 Å². The van der Waals surface area contributed by atoms with E-state index in [0.29, 0.717) is 19.8 Å². The average Bonchev–Trinajstić information content (AvgIpc) is 2.33. The third-order valence-electron chi connectivity index (χ3n) is 2.44. The van der Waals surface area contributed by atoms with E-state index < -0.39 is 0 Å². The number of carbonyl (C=O) groups excluding carboxylic acids is 1. The molecule has 0 aliphatic heterocycles. The van der Waals surface area contributed by atoms with Gasteiger partial charge in [0.1, 0.15) is 5.75 Å². The summed E-state index contributed by atoms with van der Waals surface area (Å²) in [5.74, 6) is 0.687. The van der Waals surface area contributed by atoms with Crippen molar-refractivity contribution in [2.45, 2.75) is 27.3 Å². The summed E-state index contributed by atoms with van der Waals surface area (Å²) in [7, 11) is 0. The van der Waals surface area contributed by atoms with Crippen molar-refractivity contribution in [2.24, 2.45) is 0 Å². The largest absolute Gasteiger partial charge is 0.494 e. The molecule has 0 saturated heterocycles. The van der Waals surface area contributed by atoms with Crippen LogP contribution in [0.25, 0.3) is 0 Å². The maximum absolute atomic E-state index is 11.1. The highest BCUT2D eigenvalue weighted by molar-refractivity contribution is 5.71. The van der Waals surface area contributed by atoms with E-state index in [-0.39, 0.29) is 12.5 Å². The topological polar surface area (TPSA) is 47.6 Å². The van der Waals surface area contributed by atoms with Crippen LogP contribution in [0.15, 0.2) is 18.2 Å². The van der Waals surface area contributed by atoms with Crippen molar-refractivity contribution in [2.75, 3.05) is 19.8 Å². The average molecular weight is 251 g/mol. The first kappa shape index (κ1) is 14.5. The van der Waals surface area contributed by atoms with E-state index >= 15 is 0 Å². The summed E-state index contributed by atoms with van der Waals surface area (Å²) in [5.41, 5.74) is 2.23. The van der Waals surface area contributed by atoms with E-state index in [9.17, 15) is 4.79 Å².